The Bertz CT molecular complexity index is 459. The molecule has 0 heterocycles. The minimum atomic E-state index is -4.51. The van der Waals surface area contributed by atoms with E-state index in [4.69, 9.17) is 8.85 Å². The van der Waals surface area contributed by atoms with E-state index in [0.717, 1.165) is 25.3 Å². The Morgan fingerprint density at radius 2 is 1.31 bits per heavy atom. The van der Waals surface area contributed by atoms with Crippen molar-refractivity contribution in [1.82, 2.24) is 0 Å². The minimum Gasteiger partial charge on any atom is -0.544 e. The van der Waals surface area contributed by atoms with Crippen LogP contribution in [0.5, 0.6) is 0 Å². The maximum absolute atomic E-state index is 13.4. The molecular formula is C19H37F3O2Si2. The number of hydrogen-bond donors (Lipinski definition) is 0. The normalized spacial score (nSPS) is 14.5. The van der Waals surface area contributed by atoms with E-state index < -0.39 is 28.6 Å². The summed E-state index contributed by atoms with van der Waals surface area (Å²) in [6.45, 7) is 13.3. The lowest BCUT2D eigenvalue weighted by Crippen LogP contribution is -2.31. The van der Waals surface area contributed by atoms with Crippen LogP contribution in [0.3, 0.4) is 0 Å². The summed E-state index contributed by atoms with van der Waals surface area (Å²) in [5, 5.41) is 0. The van der Waals surface area contributed by atoms with Crippen LogP contribution in [0.15, 0.2) is 23.7 Å². The Morgan fingerprint density at radius 3 is 1.77 bits per heavy atom. The van der Waals surface area contributed by atoms with Crippen LogP contribution < -0.4 is 0 Å². The Morgan fingerprint density at radius 1 is 0.808 bits per heavy atom. The van der Waals surface area contributed by atoms with Crippen molar-refractivity contribution < 1.29 is 22.0 Å². The van der Waals surface area contributed by atoms with Crippen molar-refractivity contribution in [3.05, 3.63) is 23.7 Å². The topological polar surface area (TPSA) is 18.5 Å². The van der Waals surface area contributed by atoms with E-state index in [1.165, 1.54) is 25.7 Å². The molecule has 0 aliphatic rings. The molecule has 7 heteroatoms. The first kappa shape index (κ1) is 25.3. The van der Waals surface area contributed by atoms with Gasteiger partial charge in [0, 0.05) is 6.08 Å². The second kappa shape index (κ2) is 11.2. The van der Waals surface area contributed by atoms with Crippen molar-refractivity contribution >= 4 is 16.6 Å². The van der Waals surface area contributed by atoms with Gasteiger partial charge in [0.2, 0.25) is 16.6 Å². The highest BCUT2D eigenvalue weighted by molar-refractivity contribution is 6.70. The summed E-state index contributed by atoms with van der Waals surface area (Å²) in [4.78, 5) is 0. The monoisotopic (exact) mass is 410 g/mol. The minimum absolute atomic E-state index is 0.295. The van der Waals surface area contributed by atoms with Crippen LogP contribution in [-0.2, 0) is 8.85 Å². The first-order chi connectivity index (χ1) is 11.7. The summed E-state index contributed by atoms with van der Waals surface area (Å²) in [6.07, 6.45) is 5.95. The van der Waals surface area contributed by atoms with Crippen LogP contribution in [0.4, 0.5) is 13.2 Å². The fourth-order valence-electron chi connectivity index (χ4n) is 2.28. The maximum atomic E-state index is 13.4. The number of alkyl halides is 3. The van der Waals surface area contributed by atoms with Crippen LogP contribution in [0.25, 0.3) is 0 Å². The smallest absolute Gasteiger partial charge is 0.447 e. The van der Waals surface area contributed by atoms with Crippen molar-refractivity contribution in [2.45, 2.75) is 97.3 Å². The summed E-state index contributed by atoms with van der Waals surface area (Å²) < 4.78 is 51.3. The van der Waals surface area contributed by atoms with Crippen molar-refractivity contribution in [2.75, 3.05) is 0 Å². The Kier molecular flexibility index (Phi) is 10.9. The molecule has 0 amide bonds. The van der Waals surface area contributed by atoms with Gasteiger partial charge in [0.15, 0.2) is 5.76 Å². The van der Waals surface area contributed by atoms with Gasteiger partial charge in [-0.15, -0.1) is 0 Å². The highest BCUT2D eigenvalue weighted by atomic mass is 28.4. The zero-order chi connectivity index (χ0) is 20.4. The van der Waals surface area contributed by atoms with Gasteiger partial charge < -0.3 is 8.85 Å². The van der Waals surface area contributed by atoms with E-state index in [-0.39, 0.29) is 0 Å². The first-order valence-corrected chi connectivity index (χ1v) is 16.4. The molecule has 0 aromatic rings. The maximum Gasteiger partial charge on any atom is 0.447 e. The van der Waals surface area contributed by atoms with Crippen molar-refractivity contribution in [3.63, 3.8) is 0 Å². The van der Waals surface area contributed by atoms with Gasteiger partial charge in [-0.05, 0) is 58.2 Å². The van der Waals surface area contributed by atoms with Crippen LogP contribution in [0, 0.1) is 0 Å². The molecule has 0 bridgehead atoms. The molecule has 0 rings (SSSR count). The first-order valence-electron chi connectivity index (χ1n) is 9.61. The molecule has 2 nitrogen and oxygen atoms in total. The molecule has 0 atom stereocenters. The molecule has 0 aliphatic heterocycles. The van der Waals surface area contributed by atoms with Crippen LogP contribution in [-0.4, -0.2) is 22.8 Å². The molecule has 0 fully saturated rings. The number of allylic oxidation sites excluding steroid dienone is 3. The summed E-state index contributed by atoms with van der Waals surface area (Å²) in [6, 6.07) is 0. The van der Waals surface area contributed by atoms with Crippen molar-refractivity contribution in [2.24, 2.45) is 0 Å². The molecular weight excluding hydrogens is 373 g/mol. The fraction of sp³-hybridized carbons (Fsp3) is 0.789. The number of rotatable bonds is 12. The standard InChI is InChI=1S/C19H37F3O2Si2/c1-8-9-10-11-12-13-14-15-17(23-25(2,3)4)16-18(19(20,21)22)24-26(5,6)7/h15-16H,8-14H2,1-7H3/b17-15-,18-16+. The van der Waals surface area contributed by atoms with Crippen LogP contribution >= 0.6 is 0 Å². The second-order valence-corrected chi connectivity index (χ2v) is 17.5. The van der Waals surface area contributed by atoms with E-state index in [0.29, 0.717) is 5.76 Å². The molecule has 0 aromatic carbocycles. The molecule has 0 saturated heterocycles. The van der Waals surface area contributed by atoms with Crippen LogP contribution in [0.2, 0.25) is 39.3 Å². The molecule has 0 saturated carbocycles. The van der Waals surface area contributed by atoms with Crippen molar-refractivity contribution in [3.8, 4) is 0 Å². The number of halogens is 3. The zero-order valence-corrected chi connectivity index (χ0v) is 19.6. The summed E-state index contributed by atoms with van der Waals surface area (Å²) >= 11 is 0. The molecule has 26 heavy (non-hydrogen) atoms. The van der Waals surface area contributed by atoms with E-state index in [1.54, 1.807) is 25.7 Å². The zero-order valence-electron chi connectivity index (χ0n) is 17.6. The van der Waals surface area contributed by atoms with Gasteiger partial charge in [-0.2, -0.15) is 13.2 Å². The van der Waals surface area contributed by atoms with Gasteiger partial charge in [0.05, 0.1) is 0 Å². The quantitative estimate of drug-likeness (QED) is 0.142. The lowest BCUT2D eigenvalue weighted by molar-refractivity contribution is -0.117. The van der Waals surface area contributed by atoms with E-state index in [1.807, 2.05) is 19.6 Å². The van der Waals surface area contributed by atoms with Gasteiger partial charge in [0.1, 0.15) is 5.76 Å². The Hall–Kier alpha value is -0.696. The highest BCUT2D eigenvalue weighted by Crippen LogP contribution is 2.31. The molecule has 0 N–H and O–H groups in total. The molecule has 0 radical (unpaired) electrons. The Balaban J connectivity index is 5.16. The summed E-state index contributed by atoms with van der Waals surface area (Å²) in [5.41, 5.74) is 0. The summed E-state index contributed by atoms with van der Waals surface area (Å²) in [5.74, 6) is -0.646. The van der Waals surface area contributed by atoms with Crippen LogP contribution in [0.1, 0.15) is 51.9 Å². The summed E-state index contributed by atoms with van der Waals surface area (Å²) in [7, 11) is -4.39. The molecule has 0 unspecified atom stereocenters. The van der Waals surface area contributed by atoms with Gasteiger partial charge in [-0.25, -0.2) is 0 Å². The van der Waals surface area contributed by atoms with Gasteiger partial charge in [-0.3, -0.25) is 0 Å². The second-order valence-electron chi connectivity index (χ2n) is 8.60. The van der Waals surface area contributed by atoms with E-state index in [9.17, 15) is 13.2 Å². The number of unbranched alkanes of at least 4 members (excludes halogenated alkanes) is 6. The third-order valence-corrected chi connectivity index (χ3v) is 4.98. The lowest BCUT2D eigenvalue weighted by Gasteiger charge is -2.25. The highest BCUT2D eigenvalue weighted by Gasteiger charge is 2.39. The van der Waals surface area contributed by atoms with Gasteiger partial charge >= 0.3 is 6.18 Å². The van der Waals surface area contributed by atoms with Gasteiger partial charge in [-0.1, -0.05) is 39.0 Å². The largest absolute Gasteiger partial charge is 0.544 e. The average Bonchev–Trinajstić information content (AvgIpc) is 2.41. The molecule has 154 valence electrons. The predicted octanol–water partition coefficient (Wildman–Crippen LogP) is 7.77. The fourth-order valence-corrected chi connectivity index (χ4v) is 3.96. The third kappa shape index (κ3) is 14.5. The van der Waals surface area contributed by atoms with Crippen molar-refractivity contribution in [1.29, 1.82) is 0 Å². The Labute approximate surface area is 160 Å². The SMILES string of the molecule is CCCCCCCC/C=C(/C=C(/O[Si](C)(C)C)C(F)(F)F)O[Si](C)(C)C. The average molecular weight is 411 g/mol. The molecule has 0 spiro atoms. The van der Waals surface area contributed by atoms with Gasteiger partial charge in [0.25, 0.3) is 0 Å². The molecule has 0 aliphatic carbocycles. The van der Waals surface area contributed by atoms with E-state index in [2.05, 4.69) is 6.92 Å². The lowest BCUT2D eigenvalue weighted by atomic mass is 10.1. The van der Waals surface area contributed by atoms with E-state index >= 15 is 0 Å². The number of hydrogen-bond acceptors (Lipinski definition) is 2. The predicted molar refractivity (Wildman–Crippen MR) is 109 cm³/mol. The third-order valence-electron chi connectivity index (χ3n) is 3.30. The molecule has 0 aromatic heterocycles.